The molecule has 0 aliphatic carbocycles. The average Bonchev–Trinajstić information content (AvgIpc) is 3.30. The lowest BCUT2D eigenvalue weighted by Crippen LogP contribution is -2.47. The first-order valence-corrected chi connectivity index (χ1v) is 14.7. The number of likely N-dealkylation sites (N-methyl/N-ethyl adjacent to an activating group) is 1. The second-order valence-corrected chi connectivity index (χ2v) is 12.4. The van der Waals surface area contributed by atoms with Crippen molar-refractivity contribution < 1.29 is 22.7 Å². The van der Waals surface area contributed by atoms with E-state index in [9.17, 15) is 18.3 Å². The molecular formula is C28H38N5O5S. The average molecular weight is 557 g/mol. The van der Waals surface area contributed by atoms with Gasteiger partial charge in [0.2, 0.25) is 15.9 Å². The molecule has 2 heterocycles. The Bertz CT molecular complexity index is 1340. The number of hydrogen-bond donors (Lipinski definition) is 2. The number of oxazole rings is 1. The summed E-state index contributed by atoms with van der Waals surface area (Å²) in [7, 11) is -1.88. The Labute approximate surface area is 230 Å². The van der Waals surface area contributed by atoms with Crippen LogP contribution in [0.4, 0.5) is 6.01 Å². The summed E-state index contributed by atoms with van der Waals surface area (Å²) in [6.07, 6.45) is 1.31. The number of aliphatic hydroxyl groups excluding tert-OH is 1. The third kappa shape index (κ3) is 8.09. The van der Waals surface area contributed by atoms with E-state index < -0.39 is 16.1 Å². The Kier molecular flexibility index (Phi) is 9.73. The number of aliphatic hydroxyl groups is 1. The van der Waals surface area contributed by atoms with Crippen molar-refractivity contribution in [2.45, 2.75) is 31.3 Å². The van der Waals surface area contributed by atoms with Gasteiger partial charge in [-0.05, 0) is 43.5 Å². The van der Waals surface area contributed by atoms with E-state index in [1.807, 2.05) is 44.2 Å². The van der Waals surface area contributed by atoms with Gasteiger partial charge >= 0.3 is 6.01 Å². The largest absolute Gasteiger partial charge is 0.423 e. The first kappa shape index (κ1) is 29.2. The second kappa shape index (κ2) is 13.0. The summed E-state index contributed by atoms with van der Waals surface area (Å²) in [6.45, 7) is 7.72. The number of rotatable bonds is 12. The molecule has 39 heavy (non-hydrogen) atoms. The van der Waals surface area contributed by atoms with Crippen LogP contribution in [0.1, 0.15) is 19.4 Å². The van der Waals surface area contributed by atoms with Crippen molar-refractivity contribution in [2.24, 2.45) is 5.92 Å². The van der Waals surface area contributed by atoms with E-state index in [0.717, 1.165) is 31.7 Å². The number of aromatic nitrogens is 1. The van der Waals surface area contributed by atoms with Crippen molar-refractivity contribution in [3.63, 3.8) is 0 Å². The van der Waals surface area contributed by atoms with Gasteiger partial charge in [0.15, 0.2) is 5.58 Å². The SMILES string of the molecule is CC(C)CN(CC(O)[CH]Cc1ccccc1)S(=O)(=O)c1ccc2nc(NC(=O)CN3CCN(C)CC3)oc2c1. The minimum Gasteiger partial charge on any atom is -0.423 e. The van der Waals surface area contributed by atoms with Gasteiger partial charge in [-0.2, -0.15) is 9.29 Å². The van der Waals surface area contributed by atoms with Crippen LogP contribution in [0.3, 0.4) is 0 Å². The van der Waals surface area contributed by atoms with Gasteiger partial charge < -0.3 is 14.4 Å². The van der Waals surface area contributed by atoms with Crippen LogP contribution in [0.5, 0.6) is 0 Å². The molecular weight excluding hydrogens is 518 g/mol. The number of nitrogens with one attached hydrogen (secondary N) is 1. The summed E-state index contributed by atoms with van der Waals surface area (Å²) in [5.74, 6) is -0.181. The zero-order valence-electron chi connectivity index (χ0n) is 22.8. The number of fused-ring (bicyclic) bond motifs is 1. The smallest absolute Gasteiger partial charge is 0.302 e. The van der Waals surface area contributed by atoms with Gasteiger partial charge in [-0.25, -0.2) is 8.42 Å². The Balaban J connectivity index is 1.43. The van der Waals surface area contributed by atoms with E-state index in [1.165, 1.54) is 16.4 Å². The lowest BCUT2D eigenvalue weighted by molar-refractivity contribution is -0.117. The number of carbonyl (C=O) groups excluding carboxylic acids is 1. The molecule has 0 bridgehead atoms. The number of hydrogen-bond acceptors (Lipinski definition) is 8. The monoisotopic (exact) mass is 556 g/mol. The second-order valence-electron chi connectivity index (χ2n) is 10.5. The lowest BCUT2D eigenvalue weighted by Gasteiger charge is -2.31. The Morgan fingerprint density at radius 2 is 1.85 bits per heavy atom. The fourth-order valence-electron chi connectivity index (χ4n) is 4.48. The Hall–Kier alpha value is -2.83. The molecule has 1 radical (unpaired) electrons. The molecule has 1 aromatic heterocycles. The van der Waals surface area contributed by atoms with Crippen LogP contribution in [0.2, 0.25) is 0 Å². The first-order chi connectivity index (χ1) is 18.6. The van der Waals surface area contributed by atoms with Crippen LogP contribution in [0.25, 0.3) is 11.1 Å². The zero-order valence-corrected chi connectivity index (χ0v) is 23.6. The summed E-state index contributed by atoms with van der Waals surface area (Å²) in [5.41, 5.74) is 1.74. The molecule has 211 valence electrons. The van der Waals surface area contributed by atoms with Gasteiger partial charge in [0.1, 0.15) is 5.52 Å². The molecule has 3 aromatic rings. The predicted molar refractivity (Wildman–Crippen MR) is 151 cm³/mol. The molecule has 2 aromatic carbocycles. The van der Waals surface area contributed by atoms with Crippen LogP contribution < -0.4 is 5.32 Å². The standard InChI is InChI=1S/C28H38N5O5S/c1-21(2)18-33(19-23(34)10-9-22-7-5-4-6-8-22)39(36,37)24-11-12-25-26(17-24)38-28(29-25)30-27(35)20-32-15-13-31(3)14-16-32/h4-8,10-12,17,21,23,34H,9,13-16,18-20H2,1-3H3,(H,29,30,35). The van der Waals surface area contributed by atoms with Crippen LogP contribution in [-0.4, -0.2) is 97.5 Å². The Morgan fingerprint density at radius 3 is 2.54 bits per heavy atom. The minimum atomic E-state index is -3.94. The molecule has 4 rings (SSSR count). The van der Waals surface area contributed by atoms with Gasteiger partial charge in [0.05, 0.1) is 17.5 Å². The maximum Gasteiger partial charge on any atom is 0.302 e. The van der Waals surface area contributed by atoms with Crippen molar-refractivity contribution in [1.29, 1.82) is 0 Å². The van der Waals surface area contributed by atoms with Gasteiger partial charge in [-0.15, -0.1) is 0 Å². The molecule has 1 unspecified atom stereocenters. The van der Waals surface area contributed by atoms with Gasteiger partial charge in [0.25, 0.3) is 0 Å². The van der Waals surface area contributed by atoms with E-state index in [-0.39, 0.29) is 48.0 Å². The molecule has 0 spiro atoms. The lowest BCUT2D eigenvalue weighted by atomic mass is 10.1. The maximum atomic E-state index is 13.6. The van der Waals surface area contributed by atoms with Crippen LogP contribution in [0, 0.1) is 12.3 Å². The van der Waals surface area contributed by atoms with Gasteiger partial charge in [0, 0.05) is 45.3 Å². The highest BCUT2D eigenvalue weighted by atomic mass is 32.2. The van der Waals surface area contributed by atoms with Crippen molar-refractivity contribution in [2.75, 3.05) is 58.2 Å². The molecule has 1 amide bonds. The van der Waals surface area contributed by atoms with Crippen molar-refractivity contribution in [3.05, 3.63) is 60.5 Å². The summed E-state index contributed by atoms with van der Waals surface area (Å²) in [6, 6.07) is 14.2. The molecule has 10 nitrogen and oxygen atoms in total. The predicted octanol–water partition coefficient (Wildman–Crippen LogP) is 2.47. The number of amides is 1. The normalized spacial score (nSPS) is 16.3. The quantitative estimate of drug-likeness (QED) is 0.349. The highest BCUT2D eigenvalue weighted by Crippen LogP contribution is 2.25. The number of anilines is 1. The molecule has 1 aliphatic rings. The molecule has 1 aliphatic heterocycles. The fraction of sp³-hybridized carbons (Fsp3) is 0.464. The third-order valence-corrected chi connectivity index (χ3v) is 8.46. The first-order valence-electron chi connectivity index (χ1n) is 13.3. The van der Waals surface area contributed by atoms with Gasteiger partial charge in [-0.1, -0.05) is 44.2 Å². The molecule has 2 N–H and O–H groups in total. The van der Waals surface area contributed by atoms with Crippen molar-refractivity contribution in [3.8, 4) is 0 Å². The molecule has 11 heteroatoms. The summed E-state index contributed by atoms with van der Waals surface area (Å²) >= 11 is 0. The van der Waals surface area contributed by atoms with E-state index in [2.05, 4.69) is 27.1 Å². The summed E-state index contributed by atoms with van der Waals surface area (Å²) in [4.78, 5) is 21.1. The highest BCUT2D eigenvalue weighted by Gasteiger charge is 2.28. The van der Waals surface area contributed by atoms with Crippen LogP contribution in [0.15, 0.2) is 57.8 Å². The molecule has 0 saturated carbocycles. The Morgan fingerprint density at radius 1 is 1.13 bits per heavy atom. The number of piperazine rings is 1. The maximum absolute atomic E-state index is 13.6. The molecule has 1 saturated heterocycles. The van der Waals surface area contributed by atoms with Crippen molar-refractivity contribution >= 4 is 33.0 Å². The number of carbonyl (C=O) groups is 1. The van der Waals surface area contributed by atoms with E-state index in [0.29, 0.717) is 11.9 Å². The van der Waals surface area contributed by atoms with E-state index in [4.69, 9.17) is 4.42 Å². The summed E-state index contributed by atoms with van der Waals surface area (Å²) < 4.78 is 34.2. The third-order valence-electron chi connectivity index (χ3n) is 6.64. The van der Waals surface area contributed by atoms with Gasteiger partial charge in [-0.3, -0.25) is 15.0 Å². The number of benzene rings is 2. The summed E-state index contributed by atoms with van der Waals surface area (Å²) in [5, 5.41) is 13.3. The molecule has 1 fully saturated rings. The van der Waals surface area contributed by atoms with Crippen molar-refractivity contribution in [1.82, 2.24) is 19.1 Å². The zero-order chi connectivity index (χ0) is 28.0. The van der Waals surface area contributed by atoms with Crippen LogP contribution in [-0.2, 0) is 21.2 Å². The number of nitrogens with zero attached hydrogens (tertiary/aromatic N) is 4. The topological polar surface area (TPSA) is 119 Å². The van der Waals surface area contributed by atoms with E-state index >= 15 is 0 Å². The highest BCUT2D eigenvalue weighted by molar-refractivity contribution is 7.89. The molecule has 1 atom stereocenters. The minimum absolute atomic E-state index is 0.0312. The van der Waals surface area contributed by atoms with E-state index in [1.54, 1.807) is 12.5 Å². The number of sulfonamides is 1. The van der Waals surface area contributed by atoms with Crippen LogP contribution >= 0.6 is 0 Å². The fourth-order valence-corrected chi connectivity index (χ4v) is 6.12.